The molecule has 3 aromatic rings. The van der Waals surface area contributed by atoms with Gasteiger partial charge in [0.05, 0.1) is 6.54 Å². The Labute approximate surface area is 139 Å². The van der Waals surface area contributed by atoms with Crippen LogP contribution >= 0.6 is 12.2 Å². The molecule has 2 aromatic carbocycles. The topological polar surface area (TPSA) is 45.6 Å². The molecule has 0 saturated carbocycles. The van der Waals surface area contributed by atoms with Gasteiger partial charge in [-0.25, -0.2) is 4.39 Å². The van der Waals surface area contributed by atoms with Crippen LogP contribution in [-0.2, 0) is 6.54 Å². The van der Waals surface area contributed by atoms with Crippen molar-refractivity contribution in [3.8, 4) is 5.69 Å². The molecule has 0 atom stereocenters. The lowest BCUT2D eigenvalue weighted by atomic mass is 10.1. The van der Waals surface area contributed by atoms with Crippen molar-refractivity contribution >= 4 is 17.9 Å². The Hall–Kier alpha value is -2.47. The van der Waals surface area contributed by atoms with Gasteiger partial charge in [0.1, 0.15) is 5.82 Å². The van der Waals surface area contributed by atoms with E-state index < -0.39 is 0 Å². The predicted octanol–water partition coefficient (Wildman–Crippen LogP) is 4.30. The van der Waals surface area contributed by atoms with Crippen LogP contribution in [0, 0.1) is 24.4 Å². The first-order valence-corrected chi connectivity index (χ1v) is 7.69. The summed E-state index contributed by atoms with van der Waals surface area (Å²) in [4.78, 5) is 0. The van der Waals surface area contributed by atoms with Crippen molar-refractivity contribution in [1.82, 2.24) is 14.8 Å². The van der Waals surface area contributed by atoms with Gasteiger partial charge in [0.2, 0.25) is 0 Å². The average molecular weight is 328 g/mol. The molecule has 23 heavy (non-hydrogen) atoms. The zero-order valence-corrected chi connectivity index (χ0v) is 13.7. The van der Waals surface area contributed by atoms with Gasteiger partial charge in [-0.1, -0.05) is 18.2 Å². The number of aryl methyl sites for hydroxylation is 2. The Morgan fingerprint density at radius 3 is 2.43 bits per heavy atom. The fourth-order valence-corrected chi connectivity index (χ4v) is 2.82. The first-order chi connectivity index (χ1) is 11.1. The third kappa shape index (κ3) is 3.17. The minimum atomic E-state index is -0.279. The third-order valence-electron chi connectivity index (χ3n) is 3.73. The number of hydrogen-bond acceptors (Lipinski definition) is 3. The standard InChI is InChI=1S/C17H17FN4S/c1-11-4-3-5-12(2)16(11)19-10-15-20-21-17(23)22(15)14-8-6-13(18)7-9-14/h3-9,19H,10H2,1-2H3,(H,21,23). The first-order valence-electron chi connectivity index (χ1n) is 7.28. The number of para-hydroxylation sites is 1. The normalized spacial score (nSPS) is 10.7. The smallest absolute Gasteiger partial charge is 0.199 e. The number of nitrogens with one attached hydrogen (secondary N) is 2. The molecule has 0 fully saturated rings. The predicted molar refractivity (Wildman–Crippen MR) is 91.9 cm³/mol. The maximum atomic E-state index is 13.1. The molecular formula is C17H17FN4S. The van der Waals surface area contributed by atoms with Crippen LogP contribution in [0.15, 0.2) is 42.5 Å². The van der Waals surface area contributed by atoms with Crippen molar-refractivity contribution in [3.63, 3.8) is 0 Å². The number of hydrogen-bond donors (Lipinski definition) is 2. The summed E-state index contributed by atoms with van der Waals surface area (Å²) < 4.78 is 15.4. The summed E-state index contributed by atoms with van der Waals surface area (Å²) in [5.74, 6) is 0.461. The lowest BCUT2D eigenvalue weighted by Crippen LogP contribution is -2.09. The highest BCUT2D eigenvalue weighted by Gasteiger charge is 2.10. The molecule has 1 aromatic heterocycles. The van der Waals surface area contributed by atoms with Gasteiger partial charge in [-0.15, -0.1) is 0 Å². The molecular weight excluding hydrogens is 311 g/mol. The monoisotopic (exact) mass is 328 g/mol. The number of rotatable bonds is 4. The second kappa shape index (κ2) is 6.34. The van der Waals surface area contributed by atoms with Crippen LogP contribution in [0.4, 0.5) is 10.1 Å². The van der Waals surface area contributed by atoms with Gasteiger partial charge >= 0.3 is 0 Å². The summed E-state index contributed by atoms with van der Waals surface area (Å²) in [6.45, 7) is 4.63. The number of benzene rings is 2. The number of nitrogens with zero attached hydrogens (tertiary/aromatic N) is 2. The molecule has 0 aliphatic heterocycles. The minimum Gasteiger partial charge on any atom is -0.377 e. The van der Waals surface area contributed by atoms with E-state index in [-0.39, 0.29) is 5.82 Å². The maximum absolute atomic E-state index is 13.1. The Kier molecular flexibility index (Phi) is 4.25. The van der Waals surface area contributed by atoms with Crippen LogP contribution in [0.3, 0.4) is 0 Å². The Balaban J connectivity index is 1.90. The molecule has 3 rings (SSSR count). The molecule has 0 aliphatic rings. The van der Waals surface area contributed by atoms with Crippen LogP contribution in [0.25, 0.3) is 5.69 Å². The van der Waals surface area contributed by atoms with Crippen LogP contribution in [-0.4, -0.2) is 14.8 Å². The molecule has 118 valence electrons. The quantitative estimate of drug-likeness (QED) is 0.702. The second-order valence-corrected chi connectivity index (χ2v) is 5.76. The highest BCUT2D eigenvalue weighted by atomic mass is 32.1. The van der Waals surface area contributed by atoms with Crippen LogP contribution in [0.2, 0.25) is 0 Å². The van der Waals surface area contributed by atoms with E-state index in [9.17, 15) is 4.39 Å². The van der Waals surface area contributed by atoms with Gasteiger partial charge < -0.3 is 5.32 Å². The van der Waals surface area contributed by atoms with Crippen LogP contribution in [0.5, 0.6) is 0 Å². The van der Waals surface area contributed by atoms with Gasteiger partial charge in [0.25, 0.3) is 0 Å². The second-order valence-electron chi connectivity index (χ2n) is 5.38. The molecule has 0 bridgehead atoms. The van der Waals surface area contributed by atoms with Gasteiger partial charge in [-0.2, -0.15) is 5.10 Å². The van der Waals surface area contributed by atoms with Crippen molar-refractivity contribution < 1.29 is 4.39 Å². The largest absolute Gasteiger partial charge is 0.377 e. The minimum absolute atomic E-state index is 0.279. The molecule has 0 radical (unpaired) electrons. The number of H-pyrrole nitrogens is 1. The Morgan fingerprint density at radius 1 is 1.13 bits per heavy atom. The number of anilines is 1. The molecule has 2 N–H and O–H groups in total. The molecule has 0 aliphatic carbocycles. The van der Waals surface area contributed by atoms with E-state index in [1.165, 1.54) is 23.3 Å². The molecule has 0 unspecified atom stereocenters. The SMILES string of the molecule is Cc1cccc(C)c1NCc1n[nH]c(=S)n1-c1ccc(F)cc1. The summed E-state index contributed by atoms with van der Waals surface area (Å²) >= 11 is 5.29. The van der Waals surface area contributed by atoms with Crippen LogP contribution < -0.4 is 5.32 Å². The highest BCUT2D eigenvalue weighted by molar-refractivity contribution is 7.71. The van der Waals surface area contributed by atoms with E-state index in [1.54, 1.807) is 16.7 Å². The zero-order valence-electron chi connectivity index (χ0n) is 12.9. The molecule has 0 amide bonds. The highest BCUT2D eigenvalue weighted by Crippen LogP contribution is 2.20. The van der Waals surface area contributed by atoms with E-state index in [4.69, 9.17) is 12.2 Å². The average Bonchev–Trinajstić information content (AvgIpc) is 2.89. The van der Waals surface area contributed by atoms with Gasteiger partial charge in [-0.3, -0.25) is 9.67 Å². The van der Waals surface area contributed by atoms with Crippen molar-refractivity contribution in [2.24, 2.45) is 0 Å². The van der Waals surface area contributed by atoms with E-state index >= 15 is 0 Å². The van der Waals surface area contributed by atoms with Crippen molar-refractivity contribution in [3.05, 3.63) is 70.0 Å². The fraction of sp³-hybridized carbons (Fsp3) is 0.176. The van der Waals surface area contributed by atoms with Crippen molar-refractivity contribution in [2.45, 2.75) is 20.4 Å². The summed E-state index contributed by atoms with van der Waals surface area (Å²) in [6.07, 6.45) is 0. The Bertz CT molecular complexity index is 860. The zero-order chi connectivity index (χ0) is 16.4. The first kappa shape index (κ1) is 15.4. The Morgan fingerprint density at radius 2 is 1.78 bits per heavy atom. The van der Waals surface area contributed by atoms with Gasteiger partial charge in [0, 0.05) is 11.4 Å². The molecule has 6 heteroatoms. The van der Waals surface area contributed by atoms with Gasteiger partial charge in [0.15, 0.2) is 10.6 Å². The van der Waals surface area contributed by atoms with Crippen molar-refractivity contribution in [2.75, 3.05) is 5.32 Å². The van der Waals surface area contributed by atoms with E-state index in [0.29, 0.717) is 11.3 Å². The number of aromatic nitrogens is 3. The number of aromatic amines is 1. The molecule has 1 heterocycles. The third-order valence-corrected chi connectivity index (χ3v) is 4.00. The lowest BCUT2D eigenvalue weighted by molar-refractivity contribution is 0.627. The number of halogens is 1. The summed E-state index contributed by atoms with van der Waals surface area (Å²) in [6, 6.07) is 12.3. The van der Waals surface area contributed by atoms with Gasteiger partial charge in [-0.05, 0) is 61.5 Å². The molecule has 0 spiro atoms. The van der Waals surface area contributed by atoms with E-state index in [2.05, 4.69) is 41.5 Å². The summed E-state index contributed by atoms with van der Waals surface area (Å²) in [7, 11) is 0. The summed E-state index contributed by atoms with van der Waals surface area (Å²) in [5.41, 5.74) is 4.22. The molecule has 4 nitrogen and oxygen atoms in total. The van der Waals surface area contributed by atoms with Crippen LogP contribution in [0.1, 0.15) is 17.0 Å². The summed E-state index contributed by atoms with van der Waals surface area (Å²) in [5, 5.41) is 10.5. The van der Waals surface area contributed by atoms with E-state index in [0.717, 1.165) is 17.2 Å². The lowest BCUT2D eigenvalue weighted by Gasteiger charge is -2.13. The molecule has 0 saturated heterocycles. The fourth-order valence-electron chi connectivity index (χ4n) is 2.57. The maximum Gasteiger partial charge on any atom is 0.199 e. The van der Waals surface area contributed by atoms with Crippen molar-refractivity contribution in [1.29, 1.82) is 0 Å². The van der Waals surface area contributed by atoms with E-state index in [1.807, 2.05) is 6.07 Å².